The zero-order valence-corrected chi connectivity index (χ0v) is 13.4. The van der Waals surface area contributed by atoms with Crippen molar-refractivity contribution in [2.24, 2.45) is 7.05 Å². The first-order chi connectivity index (χ1) is 10.6. The van der Waals surface area contributed by atoms with Crippen LogP contribution in [0.15, 0.2) is 52.4 Å². The molecule has 1 N–H and O–H groups in total. The number of nitrogens with one attached hydrogen (secondary N) is 1. The van der Waals surface area contributed by atoms with E-state index >= 15 is 0 Å². The first kappa shape index (κ1) is 14.5. The highest BCUT2D eigenvalue weighted by atomic mass is 79.9. The van der Waals surface area contributed by atoms with Crippen LogP contribution in [0, 0.1) is 0 Å². The molecule has 0 spiro atoms. The maximum absolute atomic E-state index is 11.8. The molecule has 0 atom stereocenters. The van der Waals surface area contributed by atoms with Crippen LogP contribution in [0.3, 0.4) is 0 Å². The van der Waals surface area contributed by atoms with Crippen molar-refractivity contribution in [1.82, 2.24) is 24.5 Å². The second kappa shape index (κ2) is 6.10. The second-order valence-electron chi connectivity index (χ2n) is 4.66. The number of halogens is 1. The van der Waals surface area contributed by atoms with Crippen molar-refractivity contribution in [3.8, 4) is 5.69 Å². The molecule has 0 aliphatic carbocycles. The van der Waals surface area contributed by atoms with Crippen LogP contribution in [-0.2, 0) is 13.6 Å². The number of benzene rings is 1. The molecule has 1 aromatic carbocycles. The molecule has 7 nitrogen and oxygen atoms in total. The van der Waals surface area contributed by atoms with Crippen LogP contribution in [0.1, 0.15) is 5.56 Å². The van der Waals surface area contributed by atoms with Crippen molar-refractivity contribution in [1.29, 1.82) is 0 Å². The molecule has 8 heteroatoms. The molecule has 2 heterocycles. The van der Waals surface area contributed by atoms with Gasteiger partial charge in [-0.2, -0.15) is 10.2 Å². The minimum absolute atomic E-state index is 0.175. The zero-order valence-electron chi connectivity index (χ0n) is 11.8. The molecule has 0 unspecified atom stereocenters. The molecule has 3 aromatic rings. The summed E-state index contributed by atoms with van der Waals surface area (Å²) in [6, 6.07) is 7.91. The van der Waals surface area contributed by atoms with Gasteiger partial charge >= 0.3 is 0 Å². The first-order valence-electron chi connectivity index (χ1n) is 6.55. The van der Waals surface area contributed by atoms with E-state index in [1.165, 1.54) is 11.0 Å². The topological polar surface area (TPSA) is 77.6 Å². The Labute approximate surface area is 134 Å². The van der Waals surface area contributed by atoms with E-state index in [1.54, 1.807) is 24.3 Å². The van der Waals surface area contributed by atoms with Crippen molar-refractivity contribution in [2.75, 3.05) is 5.32 Å². The summed E-state index contributed by atoms with van der Waals surface area (Å²) >= 11 is 3.29. The number of rotatable bonds is 4. The van der Waals surface area contributed by atoms with Gasteiger partial charge in [-0.05, 0) is 33.6 Å². The van der Waals surface area contributed by atoms with Crippen LogP contribution in [-0.4, -0.2) is 24.5 Å². The Kier molecular flexibility index (Phi) is 4.01. The predicted octanol–water partition coefficient (Wildman–Crippen LogP) is 1.74. The second-order valence-corrected chi connectivity index (χ2v) is 5.45. The van der Waals surface area contributed by atoms with E-state index in [0.717, 1.165) is 11.3 Å². The van der Waals surface area contributed by atoms with Crippen LogP contribution >= 0.6 is 15.9 Å². The van der Waals surface area contributed by atoms with Crippen LogP contribution in [0.5, 0.6) is 0 Å². The fourth-order valence-electron chi connectivity index (χ4n) is 1.94. The predicted molar refractivity (Wildman–Crippen MR) is 85.9 cm³/mol. The van der Waals surface area contributed by atoms with Crippen molar-refractivity contribution < 1.29 is 0 Å². The normalized spacial score (nSPS) is 10.6. The summed E-state index contributed by atoms with van der Waals surface area (Å²) in [7, 11) is 1.61. The average molecular weight is 361 g/mol. The maximum atomic E-state index is 11.8. The van der Waals surface area contributed by atoms with E-state index in [9.17, 15) is 4.79 Å². The fourth-order valence-corrected chi connectivity index (χ4v) is 2.44. The fraction of sp³-hybridized carbons (Fsp3) is 0.143. The Bertz CT molecular complexity index is 826. The van der Waals surface area contributed by atoms with Crippen molar-refractivity contribution >= 4 is 21.6 Å². The van der Waals surface area contributed by atoms with Gasteiger partial charge in [-0.3, -0.25) is 4.79 Å². The third kappa shape index (κ3) is 2.91. The average Bonchev–Trinajstić information content (AvgIpc) is 3.07. The van der Waals surface area contributed by atoms with E-state index in [0.29, 0.717) is 16.7 Å². The first-order valence-corrected chi connectivity index (χ1v) is 7.34. The van der Waals surface area contributed by atoms with Gasteiger partial charge in [0.1, 0.15) is 17.1 Å². The Morgan fingerprint density at radius 1 is 1.23 bits per heavy atom. The Hall–Kier alpha value is -2.48. The number of hydrogen-bond donors (Lipinski definition) is 1. The lowest BCUT2D eigenvalue weighted by atomic mass is 10.2. The van der Waals surface area contributed by atoms with Crippen LogP contribution in [0.25, 0.3) is 5.69 Å². The van der Waals surface area contributed by atoms with E-state index < -0.39 is 0 Å². The highest BCUT2D eigenvalue weighted by molar-refractivity contribution is 9.10. The standard InChI is InChI=1S/C14H13BrN6O/c1-20-14(22)13(15)12(7-18-20)17-6-10-2-4-11(5-3-10)21-9-16-8-19-21/h2-5,7-9,17H,6H2,1H3. The van der Waals surface area contributed by atoms with Crippen molar-refractivity contribution in [3.63, 3.8) is 0 Å². The number of hydrogen-bond acceptors (Lipinski definition) is 5. The molecule has 112 valence electrons. The van der Waals surface area contributed by atoms with Gasteiger partial charge < -0.3 is 5.32 Å². The number of anilines is 1. The minimum atomic E-state index is -0.175. The molecule has 0 amide bonds. The summed E-state index contributed by atoms with van der Waals surface area (Å²) in [5.74, 6) is 0. The third-order valence-electron chi connectivity index (χ3n) is 3.18. The zero-order chi connectivity index (χ0) is 15.5. The Morgan fingerprint density at radius 2 is 2.00 bits per heavy atom. The van der Waals surface area contributed by atoms with Gasteiger partial charge in [0, 0.05) is 13.6 Å². The van der Waals surface area contributed by atoms with Crippen LogP contribution < -0.4 is 10.9 Å². The van der Waals surface area contributed by atoms with E-state index in [-0.39, 0.29) is 5.56 Å². The molecular formula is C14H13BrN6O. The summed E-state index contributed by atoms with van der Waals surface area (Å²) in [4.78, 5) is 15.7. The smallest absolute Gasteiger partial charge is 0.282 e. The van der Waals surface area contributed by atoms with Gasteiger partial charge in [-0.1, -0.05) is 12.1 Å². The molecule has 0 radical (unpaired) electrons. The van der Waals surface area contributed by atoms with Gasteiger partial charge in [-0.15, -0.1) is 0 Å². The molecular weight excluding hydrogens is 348 g/mol. The summed E-state index contributed by atoms with van der Waals surface area (Å²) in [5.41, 5.74) is 2.52. The van der Waals surface area contributed by atoms with Gasteiger partial charge in [0.05, 0.1) is 17.6 Å². The number of aromatic nitrogens is 5. The molecule has 3 rings (SSSR count). The molecule has 0 saturated carbocycles. The number of aryl methyl sites for hydroxylation is 1. The SMILES string of the molecule is Cn1ncc(NCc2ccc(-n3cncn3)cc2)c(Br)c1=O. The summed E-state index contributed by atoms with van der Waals surface area (Å²) < 4.78 is 3.45. The molecule has 0 fully saturated rings. The van der Waals surface area contributed by atoms with E-state index in [2.05, 4.69) is 36.4 Å². The molecule has 0 aliphatic rings. The van der Waals surface area contributed by atoms with Gasteiger partial charge in [0.2, 0.25) is 0 Å². The van der Waals surface area contributed by atoms with E-state index in [4.69, 9.17) is 0 Å². The van der Waals surface area contributed by atoms with Crippen LogP contribution in [0.4, 0.5) is 5.69 Å². The van der Waals surface area contributed by atoms with Crippen molar-refractivity contribution in [3.05, 3.63) is 63.5 Å². The summed E-state index contributed by atoms with van der Waals surface area (Å²) in [6.07, 6.45) is 4.76. The molecule has 0 aliphatic heterocycles. The van der Waals surface area contributed by atoms with Gasteiger partial charge in [0.25, 0.3) is 5.56 Å². The lowest BCUT2D eigenvalue weighted by Crippen LogP contribution is -2.21. The summed E-state index contributed by atoms with van der Waals surface area (Å²) in [6.45, 7) is 0.588. The minimum Gasteiger partial charge on any atom is -0.379 e. The lowest BCUT2D eigenvalue weighted by molar-refractivity contribution is 0.703. The van der Waals surface area contributed by atoms with Gasteiger partial charge in [0.15, 0.2) is 0 Å². The molecule has 2 aromatic heterocycles. The Balaban J connectivity index is 1.72. The monoisotopic (exact) mass is 360 g/mol. The molecule has 0 bridgehead atoms. The Morgan fingerprint density at radius 3 is 2.68 bits per heavy atom. The quantitative estimate of drug-likeness (QED) is 0.766. The maximum Gasteiger partial charge on any atom is 0.282 e. The number of nitrogens with zero attached hydrogens (tertiary/aromatic N) is 5. The van der Waals surface area contributed by atoms with Crippen molar-refractivity contribution in [2.45, 2.75) is 6.54 Å². The van der Waals surface area contributed by atoms with E-state index in [1.807, 2.05) is 24.3 Å². The molecule has 0 saturated heterocycles. The van der Waals surface area contributed by atoms with Crippen LogP contribution in [0.2, 0.25) is 0 Å². The largest absolute Gasteiger partial charge is 0.379 e. The third-order valence-corrected chi connectivity index (χ3v) is 3.95. The van der Waals surface area contributed by atoms with Gasteiger partial charge in [-0.25, -0.2) is 14.3 Å². The lowest BCUT2D eigenvalue weighted by Gasteiger charge is -2.09. The summed E-state index contributed by atoms with van der Waals surface area (Å²) in [5, 5.41) is 11.3. The highest BCUT2D eigenvalue weighted by Crippen LogP contribution is 2.17. The highest BCUT2D eigenvalue weighted by Gasteiger charge is 2.06. The molecule has 22 heavy (non-hydrogen) atoms.